The summed E-state index contributed by atoms with van der Waals surface area (Å²) in [6.45, 7) is 9.23. The lowest BCUT2D eigenvalue weighted by molar-refractivity contribution is 0.184. The highest BCUT2D eigenvalue weighted by Crippen LogP contribution is 2.45. The summed E-state index contributed by atoms with van der Waals surface area (Å²) in [5, 5.41) is 11.0. The normalized spacial score (nSPS) is 18.2. The van der Waals surface area contributed by atoms with Crippen LogP contribution in [0.25, 0.3) is 15.9 Å². The molecule has 0 aromatic carbocycles. The summed E-state index contributed by atoms with van der Waals surface area (Å²) >= 11 is 7.93. The lowest BCUT2D eigenvalue weighted by Gasteiger charge is -2.36. The molecule has 5 rings (SSSR count). The third-order valence-corrected chi connectivity index (χ3v) is 8.35. The monoisotopic (exact) mass is 442 g/mol. The second-order valence-electron chi connectivity index (χ2n) is 9.01. The molecular formula is C22H27ClN6S. The lowest BCUT2D eigenvalue weighted by Crippen LogP contribution is -2.28. The lowest BCUT2D eigenvalue weighted by atomic mass is 9.70. The van der Waals surface area contributed by atoms with Crippen molar-refractivity contribution in [2.24, 2.45) is 11.3 Å². The summed E-state index contributed by atoms with van der Waals surface area (Å²) in [4.78, 5) is 12.3. The molecule has 1 aliphatic carbocycles. The van der Waals surface area contributed by atoms with Gasteiger partial charge >= 0.3 is 0 Å². The minimum absolute atomic E-state index is 0.0448. The number of aryl methyl sites for hydroxylation is 1. The Bertz CT molecular complexity index is 1220. The van der Waals surface area contributed by atoms with Crippen molar-refractivity contribution in [3.05, 3.63) is 40.0 Å². The van der Waals surface area contributed by atoms with Crippen molar-refractivity contribution < 1.29 is 0 Å². The molecule has 1 aliphatic rings. The number of hydrogen-bond donors (Lipinski definition) is 0. The van der Waals surface area contributed by atoms with E-state index in [1.165, 1.54) is 28.7 Å². The molecule has 2 atom stereocenters. The van der Waals surface area contributed by atoms with Crippen LogP contribution in [0.4, 0.5) is 0 Å². The highest BCUT2D eigenvalue weighted by Gasteiger charge is 2.33. The van der Waals surface area contributed by atoms with Crippen LogP contribution in [-0.4, -0.2) is 29.4 Å². The maximum atomic E-state index is 6.09. The molecule has 4 aromatic heterocycles. The van der Waals surface area contributed by atoms with E-state index in [1.807, 2.05) is 26.7 Å². The maximum absolute atomic E-state index is 6.09. The first kappa shape index (κ1) is 19.9. The summed E-state index contributed by atoms with van der Waals surface area (Å²) in [5.74, 6) is 1.48. The Hall–Kier alpha value is -1.99. The third-order valence-electron chi connectivity index (χ3n) is 6.99. The molecule has 4 aromatic rings. The van der Waals surface area contributed by atoms with Gasteiger partial charge < -0.3 is 0 Å². The summed E-state index contributed by atoms with van der Waals surface area (Å²) in [6.07, 6.45) is 10.8. The van der Waals surface area contributed by atoms with Crippen molar-refractivity contribution in [1.29, 1.82) is 0 Å². The van der Waals surface area contributed by atoms with Crippen LogP contribution < -0.4 is 0 Å². The van der Waals surface area contributed by atoms with Gasteiger partial charge in [-0.2, -0.15) is 5.10 Å². The van der Waals surface area contributed by atoms with E-state index in [9.17, 15) is 0 Å². The highest BCUT2D eigenvalue weighted by atomic mass is 35.5. The van der Waals surface area contributed by atoms with Gasteiger partial charge in [0.2, 0.25) is 0 Å². The largest absolute Gasteiger partial charge is 0.260 e. The Balaban J connectivity index is 1.59. The quantitative estimate of drug-likeness (QED) is 0.396. The summed E-state index contributed by atoms with van der Waals surface area (Å²) in [7, 11) is 0. The topological polar surface area (TPSA) is 60.9 Å². The molecule has 8 heteroatoms. The predicted octanol–water partition coefficient (Wildman–Crippen LogP) is 5.73. The first-order valence-electron chi connectivity index (χ1n) is 10.8. The van der Waals surface area contributed by atoms with E-state index in [1.54, 1.807) is 12.5 Å². The van der Waals surface area contributed by atoms with E-state index in [4.69, 9.17) is 26.7 Å². The molecule has 6 nitrogen and oxygen atoms in total. The summed E-state index contributed by atoms with van der Waals surface area (Å²) < 4.78 is 3.68. The van der Waals surface area contributed by atoms with Gasteiger partial charge in [0.25, 0.3) is 0 Å². The molecule has 4 heterocycles. The number of halogens is 1. The molecule has 0 N–H and O–H groups in total. The zero-order valence-corrected chi connectivity index (χ0v) is 19.5. The van der Waals surface area contributed by atoms with E-state index in [0.29, 0.717) is 10.4 Å². The second-order valence-corrected chi connectivity index (χ2v) is 10.5. The fraction of sp³-hybridized carbons (Fsp3) is 0.545. The van der Waals surface area contributed by atoms with Crippen molar-refractivity contribution in [3.8, 4) is 0 Å². The van der Waals surface area contributed by atoms with Gasteiger partial charge in [-0.1, -0.05) is 45.7 Å². The first-order chi connectivity index (χ1) is 14.4. The molecule has 0 amide bonds. The standard InChI is InChI=1S/C22H27ClN6S/c1-5-16(28-11-14(23)10-25-28)19-26-20-18-15-8-7-13(22(3,4)6-2)9-17(15)30-21(18)24-12-29(20)27-19/h10-13,16H,5-9H2,1-4H3. The average Bonchev–Trinajstić information content (AvgIpc) is 3.44. The average molecular weight is 443 g/mol. The van der Waals surface area contributed by atoms with E-state index in [2.05, 4.69) is 32.8 Å². The predicted molar refractivity (Wildman–Crippen MR) is 121 cm³/mol. The van der Waals surface area contributed by atoms with E-state index >= 15 is 0 Å². The van der Waals surface area contributed by atoms with Crippen molar-refractivity contribution in [2.45, 2.75) is 65.8 Å². The van der Waals surface area contributed by atoms with E-state index < -0.39 is 0 Å². The van der Waals surface area contributed by atoms with Gasteiger partial charge in [0.15, 0.2) is 11.5 Å². The van der Waals surface area contributed by atoms with Crippen LogP contribution in [0.2, 0.25) is 5.02 Å². The molecule has 0 bridgehead atoms. The molecule has 158 valence electrons. The SMILES string of the molecule is CCC(c1nc2c3c4c(sc3ncn2n1)CC(C(C)(C)CC)CC4)n1cc(Cl)cn1. The fourth-order valence-corrected chi connectivity index (χ4v) is 6.07. The van der Waals surface area contributed by atoms with Crippen LogP contribution in [0.3, 0.4) is 0 Å². The van der Waals surface area contributed by atoms with Gasteiger partial charge in [0, 0.05) is 11.1 Å². The van der Waals surface area contributed by atoms with Crippen molar-refractivity contribution in [3.63, 3.8) is 0 Å². The minimum Gasteiger partial charge on any atom is -0.260 e. The number of nitrogens with zero attached hydrogens (tertiary/aromatic N) is 6. The molecule has 0 fully saturated rings. The Morgan fingerprint density at radius 2 is 2.17 bits per heavy atom. The first-order valence-corrected chi connectivity index (χ1v) is 12.0. The Labute approximate surface area is 185 Å². The summed E-state index contributed by atoms with van der Waals surface area (Å²) in [5.41, 5.74) is 2.72. The van der Waals surface area contributed by atoms with Gasteiger partial charge in [-0.05, 0) is 42.6 Å². The van der Waals surface area contributed by atoms with Crippen molar-refractivity contribution in [1.82, 2.24) is 29.4 Å². The van der Waals surface area contributed by atoms with Crippen molar-refractivity contribution in [2.75, 3.05) is 0 Å². The minimum atomic E-state index is -0.0448. The van der Waals surface area contributed by atoms with E-state index in [-0.39, 0.29) is 6.04 Å². The molecule has 0 saturated heterocycles. The van der Waals surface area contributed by atoms with Crippen LogP contribution in [-0.2, 0) is 12.8 Å². The molecule has 0 spiro atoms. The highest BCUT2D eigenvalue weighted by molar-refractivity contribution is 7.19. The smallest absolute Gasteiger partial charge is 0.176 e. The fourth-order valence-electron chi connectivity index (χ4n) is 4.66. The molecule has 0 aliphatic heterocycles. The van der Waals surface area contributed by atoms with Crippen LogP contribution in [0, 0.1) is 11.3 Å². The van der Waals surface area contributed by atoms with Gasteiger partial charge in [-0.25, -0.2) is 14.5 Å². The second kappa shape index (κ2) is 7.31. The number of hydrogen-bond acceptors (Lipinski definition) is 5. The van der Waals surface area contributed by atoms with Crippen LogP contribution in [0.15, 0.2) is 18.7 Å². The Kier molecular flexibility index (Phi) is 4.86. The van der Waals surface area contributed by atoms with Gasteiger partial charge in [0.05, 0.1) is 16.6 Å². The van der Waals surface area contributed by atoms with Gasteiger partial charge in [0.1, 0.15) is 17.2 Å². The summed E-state index contributed by atoms with van der Waals surface area (Å²) in [6, 6.07) is -0.0448. The van der Waals surface area contributed by atoms with Crippen molar-refractivity contribution >= 4 is 38.8 Å². The number of thiophene rings is 1. The zero-order valence-electron chi connectivity index (χ0n) is 17.9. The third kappa shape index (κ3) is 3.14. The van der Waals surface area contributed by atoms with E-state index in [0.717, 1.165) is 41.5 Å². The van der Waals surface area contributed by atoms with Gasteiger partial charge in [-0.3, -0.25) is 4.68 Å². The van der Waals surface area contributed by atoms with Crippen LogP contribution in [0.1, 0.15) is 69.3 Å². The maximum Gasteiger partial charge on any atom is 0.176 e. The van der Waals surface area contributed by atoms with Gasteiger partial charge in [-0.15, -0.1) is 16.4 Å². The molecule has 0 radical (unpaired) electrons. The molecular weight excluding hydrogens is 416 g/mol. The number of aromatic nitrogens is 6. The van der Waals surface area contributed by atoms with Crippen LogP contribution >= 0.6 is 22.9 Å². The zero-order chi connectivity index (χ0) is 21.0. The number of rotatable bonds is 5. The van der Waals surface area contributed by atoms with Crippen LogP contribution in [0.5, 0.6) is 0 Å². The Morgan fingerprint density at radius 1 is 1.33 bits per heavy atom. The Morgan fingerprint density at radius 3 is 2.87 bits per heavy atom. The molecule has 30 heavy (non-hydrogen) atoms. The molecule has 2 unspecified atom stereocenters. The number of fused-ring (bicyclic) bond motifs is 5. The molecule has 0 saturated carbocycles.